The molecule has 0 radical (unpaired) electrons. The van der Waals surface area contributed by atoms with Gasteiger partial charge in [-0.15, -0.1) is 0 Å². The minimum atomic E-state index is -1.04. The van der Waals surface area contributed by atoms with E-state index in [9.17, 15) is 19.2 Å². The lowest BCUT2D eigenvalue weighted by Gasteiger charge is -2.19. The fourth-order valence-electron chi connectivity index (χ4n) is 5.32. The Kier molecular flexibility index (Phi) is 4.20. The summed E-state index contributed by atoms with van der Waals surface area (Å²) in [4.78, 5) is 50.5. The maximum absolute atomic E-state index is 12.9. The predicted molar refractivity (Wildman–Crippen MR) is 108 cm³/mol. The number of aromatic carboxylic acids is 1. The number of fused-ring (bicyclic) bond motifs is 5. The first-order chi connectivity index (χ1) is 14.4. The zero-order chi connectivity index (χ0) is 21.0. The first kappa shape index (κ1) is 18.5. The molecular formula is C23H20N2O5. The smallest absolute Gasteiger partial charge is 0.335 e. The number of carboxylic acid groups (broad SMARTS) is 1. The molecule has 3 aliphatic rings. The van der Waals surface area contributed by atoms with Gasteiger partial charge in [0.05, 0.1) is 23.1 Å². The molecular weight excluding hydrogens is 384 g/mol. The van der Waals surface area contributed by atoms with Gasteiger partial charge in [-0.05, 0) is 79.6 Å². The number of hydrogen-bond acceptors (Lipinski definition) is 4. The summed E-state index contributed by atoms with van der Waals surface area (Å²) in [7, 11) is 0. The number of rotatable bonds is 4. The molecule has 2 bridgehead atoms. The topological polar surface area (TPSA) is 104 Å². The van der Waals surface area contributed by atoms with Crippen molar-refractivity contribution in [1.29, 1.82) is 0 Å². The van der Waals surface area contributed by atoms with Crippen molar-refractivity contribution in [2.24, 2.45) is 23.7 Å². The molecule has 1 saturated heterocycles. The lowest BCUT2D eigenvalue weighted by molar-refractivity contribution is -0.123. The van der Waals surface area contributed by atoms with Gasteiger partial charge >= 0.3 is 5.97 Å². The molecule has 30 heavy (non-hydrogen) atoms. The van der Waals surface area contributed by atoms with E-state index in [0.29, 0.717) is 28.8 Å². The van der Waals surface area contributed by atoms with Gasteiger partial charge in [-0.25, -0.2) is 4.79 Å². The van der Waals surface area contributed by atoms with Crippen LogP contribution in [0, 0.1) is 23.7 Å². The summed E-state index contributed by atoms with van der Waals surface area (Å²) in [6, 6.07) is 12.3. The van der Waals surface area contributed by atoms with Gasteiger partial charge < -0.3 is 10.4 Å². The predicted octanol–water partition coefficient (Wildman–Crippen LogP) is 3.17. The third-order valence-corrected chi connectivity index (χ3v) is 6.70. The van der Waals surface area contributed by atoms with E-state index >= 15 is 0 Å². The molecule has 4 atom stereocenters. The van der Waals surface area contributed by atoms with Crippen LogP contribution in [-0.2, 0) is 9.59 Å². The van der Waals surface area contributed by atoms with Crippen molar-refractivity contribution in [2.45, 2.75) is 19.3 Å². The van der Waals surface area contributed by atoms with Gasteiger partial charge in [-0.1, -0.05) is 0 Å². The summed E-state index contributed by atoms with van der Waals surface area (Å²) in [6.07, 6.45) is 3.06. The first-order valence-electron chi connectivity index (χ1n) is 10.1. The normalized spacial score (nSPS) is 26.7. The Morgan fingerprint density at radius 2 is 1.37 bits per heavy atom. The van der Waals surface area contributed by atoms with Crippen molar-refractivity contribution >= 4 is 35.1 Å². The third kappa shape index (κ3) is 2.81. The molecule has 2 saturated carbocycles. The van der Waals surface area contributed by atoms with Crippen LogP contribution in [0.3, 0.4) is 0 Å². The van der Waals surface area contributed by atoms with E-state index in [4.69, 9.17) is 5.11 Å². The van der Waals surface area contributed by atoms with E-state index < -0.39 is 5.97 Å². The summed E-state index contributed by atoms with van der Waals surface area (Å²) < 4.78 is 0. The zero-order valence-corrected chi connectivity index (χ0v) is 16.1. The van der Waals surface area contributed by atoms with Gasteiger partial charge in [0.2, 0.25) is 11.8 Å². The van der Waals surface area contributed by atoms with Crippen LogP contribution in [0.1, 0.15) is 40.0 Å². The SMILES string of the molecule is O=C(O)c1ccc(NC(=O)c2ccc(N3C(=O)[C@@H]4[C@H]5CC[C@@H](C5)[C@@H]4C3=O)cc2)cc1. The molecule has 2 N–H and O–H groups in total. The highest BCUT2D eigenvalue weighted by molar-refractivity contribution is 6.22. The second-order valence-corrected chi connectivity index (χ2v) is 8.28. The van der Waals surface area contributed by atoms with Gasteiger partial charge in [0, 0.05) is 11.3 Å². The van der Waals surface area contributed by atoms with Gasteiger partial charge in [-0.3, -0.25) is 19.3 Å². The van der Waals surface area contributed by atoms with Crippen LogP contribution in [0.4, 0.5) is 11.4 Å². The Balaban J connectivity index is 1.31. The number of carbonyl (C=O) groups excluding carboxylic acids is 3. The van der Waals surface area contributed by atoms with Gasteiger partial charge in [0.1, 0.15) is 0 Å². The molecule has 2 aromatic carbocycles. The molecule has 7 heteroatoms. The van der Waals surface area contributed by atoms with Crippen molar-refractivity contribution < 1.29 is 24.3 Å². The monoisotopic (exact) mass is 404 g/mol. The van der Waals surface area contributed by atoms with E-state index in [2.05, 4.69) is 5.32 Å². The summed E-state index contributed by atoms with van der Waals surface area (Å²) in [5.41, 5.74) is 1.49. The van der Waals surface area contributed by atoms with Crippen LogP contribution in [0.15, 0.2) is 48.5 Å². The van der Waals surface area contributed by atoms with Crippen molar-refractivity contribution in [2.75, 3.05) is 10.2 Å². The standard InChI is InChI=1S/C23H20N2O5/c26-20(24-16-7-3-13(4-8-16)23(29)30)12-5-9-17(10-6-12)25-21(27)18-14-1-2-15(11-14)19(18)22(25)28/h3-10,14-15,18-19H,1-2,11H2,(H,24,26)(H,29,30)/t14-,15-,18-,19+/m0/s1. The minimum absolute atomic E-state index is 0.104. The molecule has 152 valence electrons. The molecule has 0 unspecified atom stereocenters. The van der Waals surface area contributed by atoms with Crippen LogP contribution in [0.2, 0.25) is 0 Å². The van der Waals surface area contributed by atoms with Crippen LogP contribution in [-0.4, -0.2) is 28.8 Å². The van der Waals surface area contributed by atoms with Crippen LogP contribution < -0.4 is 10.2 Å². The second kappa shape index (κ2) is 6.79. The third-order valence-electron chi connectivity index (χ3n) is 6.70. The number of carbonyl (C=O) groups is 4. The van der Waals surface area contributed by atoms with E-state index in [1.54, 1.807) is 24.3 Å². The summed E-state index contributed by atoms with van der Waals surface area (Å²) in [5, 5.41) is 11.6. The van der Waals surface area contributed by atoms with Crippen molar-refractivity contribution in [1.82, 2.24) is 0 Å². The number of amides is 3. The lowest BCUT2D eigenvalue weighted by Crippen LogP contribution is -2.32. The molecule has 2 aromatic rings. The maximum Gasteiger partial charge on any atom is 0.335 e. The molecule has 5 rings (SSSR count). The number of nitrogens with one attached hydrogen (secondary N) is 1. The Labute approximate surface area is 172 Å². The highest BCUT2D eigenvalue weighted by atomic mass is 16.4. The van der Waals surface area contributed by atoms with Crippen molar-refractivity contribution in [3.8, 4) is 0 Å². The first-order valence-corrected chi connectivity index (χ1v) is 10.1. The molecule has 3 fully saturated rings. The van der Waals surface area contributed by atoms with E-state index in [1.165, 1.54) is 29.2 Å². The summed E-state index contributed by atoms with van der Waals surface area (Å²) in [6.45, 7) is 0. The summed E-state index contributed by atoms with van der Waals surface area (Å²) >= 11 is 0. The molecule has 1 aliphatic heterocycles. The van der Waals surface area contributed by atoms with E-state index in [1.807, 2.05) is 0 Å². The second-order valence-electron chi connectivity index (χ2n) is 8.28. The fourth-order valence-corrected chi connectivity index (χ4v) is 5.32. The van der Waals surface area contributed by atoms with Crippen LogP contribution in [0.25, 0.3) is 0 Å². The zero-order valence-electron chi connectivity index (χ0n) is 16.1. The number of benzene rings is 2. The minimum Gasteiger partial charge on any atom is -0.478 e. The molecule has 2 aliphatic carbocycles. The lowest BCUT2D eigenvalue weighted by atomic mass is 9.81. The summed E-state index contributed by atoms with van der Waals surface area (Å²) in [5.74, 6) is -1.29. The molecule has 1 heterocycles. The molecule has 3 amide bonds. The quantitative estimate of drug-likeness (QED) is 0.762. The fraction of sp³-hybridized carbons (Fsp3) is 0.304. The average Bonchev–Trinajstić information content (AvgIpc) is 3.42. The Bertz CT molecular complexity index is 1030. The Morgan fingerprint density at radius 1 is 0.833 bits per heavy atom. The largest absolute Gasteiger partial charge is 0.478 e. The Hall–Kier alpha value is -3.48. The van der Waals surface area contributed by atoms with Crippen LogP contribution in [0.5, 0.6) is 0 Å². The number of anilines is 2. The highest BCUT2D eigenvalue weighted by Crippen LogP contribution is 2.56. The average molecular weight is 404 g/mol. The highest BCUT2D eigenvalue weighted by Gasteiger charge is 2.61. The molecule has 0 aromatic heterocycles. The van der Waals surface area contributed by atoms with Gasteiger partial charge in [-0.2, -0.15) is 0 Å². The molecule has 7 nitrogen and oxygen atoms in total. The number of imide groups is 1. The van der Waals surface area contributed by atoms with Crippen LogP contribution >= 0.6 is 0 Å². The molecule has 0 spiro atoms. The maximum atomic E-state index is 12.9. The van der Waals surface area contributed by atoms with E-state index in [0.717, 1.165) is 19.3 Å². The number of nitrogens with zero attached hydrogens (tertiary/aromatic N) is 1. The Morgan fingerprint density at radius 3 is 1.90 bits per heavy atom. The van der Waals surface area contributed by atoms with Crippen molar-refractivity contribution in [3.63, 3.8) is 0 Å². The van der Waals surface area contributed by atoms with Crippen molar-refractivity contribution in [3.05, 3.63) is 59.7 Å². The number of hydrogen-bond donors (Lipinski definition) is 2. The van der Waals surface area contributed by atoms with Gasteiger partial charge in [0.15, 0.2) is 0 Å². The number of carboxylic acids is 1. The van der Waals surface area contributed by atoms with Gasteiger partial charge in [0.25, 0.3) is 5.91 Å². The van der Waals surface area contributed by atoms with E-state index in [-0.39, 0.29) is 35.1 Å².